The molecule has 0 bridgehead atoms. The van der Waals surface area contributed by atoms with E-state index in [-0.39, 0.29) is 18.0 Å². The molecule has 0 saturated carbocycles. The molecule has 0 unspecified atom stereocenters. The van der Waals surface area contributed by atoms with E-state index in [1.807, 2.05) is 18.2 Å². The Kier molecular flexibility index (Phi) is 9.10. The van der Waals surface area contributed by atoms with E-state index in [9.17, 15) is 21.6 Å². The van der Waals surface area contributed by atoms with Crippen molar-refractivity contribution in [3.05, 3.63) is 78.9 Å². The smallest absolute Gasteiger partial charge is 0.243 e. The summed E-state index contributed by atoms with van der Waals surface area (Å²) in [6.45, 7) is 0.916. The Balaban J connectivity index is 1.27. The van der Waals surface area contributed by atoms with Crippen molar-refractivity contribution in [2.24, 2.45) is 0 Å². The second-order valence-electron chi connectivity index (χ2n) is 8.96. The zero-order valence-electron chi connectivity index (χ0n) is 21.5. The highest BCUT2D eigenvalue weighted by molar-refractivity contribution is 7.92. The van der Waals surface area contributed by atoms with E-state index in [1.165, 1.54) is 16.4 Å². The lowest BCUT2D eigenvalue weighted by Crippen LogP contribution is -2.41. The fourth-order valence-electron chi connectivity index (χ4n) is 4.04. The van der Waals surface area contributed by atoms with Crippen LogP contribution in [0.3, 0.4) is 0 Å². The number of ether oxygens (including phenoxy) is 2. The summed E-state index contributed by atoms with van der Waals surface area (Å²) >= 11 is 0. The maximum absolute atomic E-state index is 12.6. The molecule has 0 radical (unpaired) electrons. The van der Waals surface area contributed by atoms with Gasteiger partial charge in [0.15, 0.2) is 0 Å². The predicted octanol–water partition coefficient (Wildman–Crippen LogP) is 3.22. The molecule has 1 heterocycles. The predicted molar refractivity (Wildman–Crippen MR) is 148 cm³/mol. The second kappa shape index (κ2) is 12.5. The molecule has 0 aromatic heterocycles. The summed E-state index contributed by atoms with van der Waals surface area (Å²) in [5.74, 6) is 1.14. The number of carbonyl (C=O) groups excluding carboxylic acids is 1. The first kappa shape index (κ1) is 28.4. The Morgan fingerprint density at radius 2 is 1.44 bits per heavy atom. The zero-order chi connectivity index (χ0) is 27.9. The Hall–Kier alpha value is -3.61. The standard InChI is InChI=1S/C27H31N3O7S2/c1-38(32,33)30(22-9-11-25(12-10-22)37-24-7-3-2-4-8-24)21-27(31)28-17-20-36-23-13-15-26(16-14-23)39(34,35)29-18-5-6-19-29/h2-4,7-16H,5-6,17-21H2,1H3,(H,28,31). The lowest BCUT2D eigenvalue weighted by Gasteiger charge is -2.22. The van der Waals surface area contributed by atoms with Crippen LogP contribution < -0.4 is 19.1 Å². The number of hydrogen-bond donors (Lipinski definition) is 1. The third kappa shape index (κ3) is 7.71. The van der Waals surface area contributed by atoms with Crippen molar-refractivity contribution < 1.29 is 31.1 Å². The van der Waals surface area contributed by atoms with E-state index in [1.54, 1.807) is 48.5 Å². The van der Waals surface area contributed by atoms with Gasteiger partial charge in [-0.25, -0.2) is 16.8 Å². The maximum atomic E-state index is 12.6. The van der Waals surface area contributed by atoms with Crippen LogP contribution in [-0.2, 0) is 24.8 Å². The monoisotopic (exact) mass is 573 g/mol. The quantitative estimate of drug-likeness (QED) is 0.330. The van der Waals surface area contributed by atoms with Crippen molar-refractivity contribution in [2.45, 2.75) is 17.7 Å². The minimum Gasteiger partial charge on any atom is -0.492 e. The van der Waals surface area contributed by atoms with Gasteiger partial charge in [-0.2, -0.15) is 4.31 Å². The van der Waals surface area contributed by atoms with Gasteiger partial charge in [0.1, 0.15) is 30.4 Å². The molecule has 208 valence electrons. The van der Waals surface area contributed by atoms with Gasteiger partial charge in [0.2, 0.25) is 26.0 Å². The van der Waals surface area contributed by atoms with E-state index in [4.69, 9.17) is 9.47 Å². The molecular formula is C27H31N3O7S2. The molecule has 39 heavy (non-hydrogen) atoms. The molecule has 12 heteroatoms. The van der Waals surface area contributed by atoms with Crippen molar-refractivity contribution >= 4 is 31.6 Å². The number of hydrogen-bond acceptors (Lipinski definition) is 7. The van der Waals surface area contributed by atoms with E-state index in [0.29, 0.717) is 36.0 Å². The first-order valence-corrected chi connectivity index (χ1v) is 15.7. The summed E-state index contributed by atoms with van der Waals surface area (Å²) in [7, 11) is -7.23. The number of benzene rings is 3. The third-order valence-electron chi connectivity index (χ3n) is 6.01. The highest BCUT2D eigenvalue weighted by Crippen LogP contribution is 2.26. The number of carbonyl (C=O) groups is 1. The van der Waals surface area contributed by atoms with E-state index in [0.717, 1.165) is 23.4 Å². The summed E-state index contributed by atoms with van der Waals surface area (Å²) in [5, 5.41) is 2.64. The molecule has 3 aromatic rings. The van der Waals surface area contributed by atoms with E-state index >= 15 is 0 Å². The Morgan fingerprint density at radius 1 is 0.846 bits per heavy atom. The number of nitrogens with zero attached hydrogens (tertiary/aromatic N) is 2. The van der Waals surface area contributed by atoms with Crippen LogP contribution in [0.4, 0.5) is 5.69 Å². The average Bonchev–Trinajstić information content (AvgIpc) is 3.47. The molecule has 1 amide bonds. The molecule has 1 saturated heterocycles. The summed E-state index contributed by atoms with van der Waals surface area (Å²) in [5.41, 5.74) is 0.327. The number of nitrogens with one attached hydrogen (secondary N) is 1. The first-order valence-electron chi connectivity index (χ1n) is 12.4. The van der Waals surface area contributed by atoms with Gasteiger partial charge in [0, 0.05) is 13.1 Å². The van der Waals surface area contributed by atoms with Crippen LogP contribution in [0.1, 0.15) is 12.8 Å². The highest BCUT2D eigenvalue weighted by Gasteiger charge is 2.27. The largest absolute Gasteiger partial charge is 0.492 e. The summed E-state index contributed by atoms with van der Waals surface area (Å²) in [6.07, 6.45) is 2.76. The molecule has 0 atom stereocenters. The zero-order valence-corrected chi connectivity index (χ0v) is 23.2. The van der Waals surface area contributed by atoms with Crippen LogP contribution in [0.15, 0.2) is 83.8 Å². The minimum atomic E-state index is -3.73. The summed E-state index contributed by atoms with van der Waals surface area (Å²) in [4.78, 5) is 12.7. The van der Waals surface area contributed by atoms with Crippen LogP contribution in [0, 0.1) is 0 Å². The van der Waals surface area contributed by atoms with Crippen molar-refractivity contribution in [3.63, 3.8) is 0 Å². The van der Waals surface area contributed by atoms with E-state index in [2.05, 4.69) is 5.32 Å². The molecular weight excluding hydrogens is 542 g/mol. The topological polar surface area (TPSA) is 122 Å². The molecule has 1 N–H and O–H groups in total. The summed E-state index contributed by atoms with van der Waals surface area (Å²) in [6, 6.07) is 21.7. The average molecular weight is 574 g/mol. The van der Waals surface area contributed by atoms with Gasteiger partial charge in [0.25, 0.3) is 0 Å². The normalized spacial score (nSPS) is 14.1. The van der Waals surface area contributed by atoms with Gasteiger partial charge in [-0.3, -0.25) is 9.10 Å². The summed E-state index contributed by atoms with van der Waals surface area (Å²) < 4.78 is 63.8. The van der Waals surface area contributed by atoms with E-state index < -0.39 is 32.5 Å². The third-order valence-corrected chi connectivity index (χ3v) is 9.06. The maximum Gasteiger partial charge on any atom is 0.243 e. The highest BCUT2D eigenvalue weighted by atomic mass is 32.2. The number of rotatable bonds is 12. The fourth-order valence-corrected chi connectivity index (χ4v) is 6.41. The number of sulfonamides is 2. The molecule has 1 fully saturated rings. The lowest BCUT2D eigenvalue weighted by molar-refractivity contribution is -0.119. The lowest BCUT2D eigenvalue weighted by atomic mass is 10.3. The number of para-hydroxylation sites is 1. The van der Waals surface area contributed by atoms with Crippen molar-refractivity contribution in [1.82, 2.24) is 9.62 Å². The molecule has 4 rings (SSSR count). The van der Waals surface area contributed by atoms with Crippen LogP contribution in [-0.4, -0.2) is 66.1 Å². The first-order chi connectivity index (χ1) is 18.6. The Labute approximate surface area is 229 Å². The Bertz CT molecular complexity index is 1460. The van der Waals surface area contributed by atoms with Crippen molar-refractivity contribution in [2.75, 3.05) is 43.3 Å². The Morgan fingerprint density at radius 3 is 2.05 bits per heavy atom. The molecule has 0 spiro atoms. The van der Waals surface area contributed by atoms with Gasteiger partial charge >= 0.3 is 0 Å². The van der Waals surface area contributed by atoms with Crippen LogP contribution in [0.2, 0.25) is 0 Å². The fraction of sp³-hybridized carbons (Fsp3) is 0.296. The molecule has 0 aliphatic carbocycles. The van der Waals surface area contributed by atoms with Gasteiger partial charge in [0.05, 0.1) is 23.4 Å². The second-order valence-corrected chi connectivity index (χ2v) is 12.8. The van der Waals surface area contributed by atoms with Gasteiger partial charge in [-0.15, -0.1) is 0 Å². The van der Waals surface area contributed by atoms with Crippen molar-refractivity contribution in [1.29, 1.82) is 0 Å². The number of amides is 1. The SMILES string of the molecule is CS(=O)(=O)N(CC(=O)NCCOc1ccc(S(=O)(=O)N2CCCC2)cc1)c1ccc(Oc2ccccc2)cc1. The van der Waals surface area contributed by atoms with Crippen LogP contribution >= 0.6 is 0 Å². The van der Waals surface area contributed by atoms with Crippen molar-refractivity contribution in [3.8, 4) is 17.2 Å². The van der Waals surface area contributed by atoms with Gasteiger partial charge in [-0.1, -0.05) is 18.2 Å². The van der Waals surface area contributed by atoms with Crippen LogP contribution in [0.5, 0.6) is 17.2 Å². The minimum absolute atomic E-state index is 0.119. The molecule has 1 aliphatic heterocycles. The molecule has 10 nitrogen and oxygen atoms in total. The van der Waals surface area contributed by atoms with Crippen LogP contribution in [0.25, 0.3) is 0 Å². The van der Waals surface area contributed by atoms with Gasteiger partial charge < -0.3 is 14.8 Å². The molecule has 1 aliphatic rings. The molecule has 3 aromatic carbocycles. The number of anilines is 1. The van der Waals surface area contributed by atoms with Gasteiger partial charge in [-0.05, 0) is 73.5 Å².